The van der Waals surface area contributed by atoms with Crippen LogP contribution in [0, 0.1) is 5.41 Å². The van der Waals surface area contributed by atoms with E-state index >= 15 is 0 Å². The summed E-state index contributed by atoms with van der Waals surface area (Å²) in [6.45, 7) is 7.47. The summed E-state index contributed by atoms with van der Waals surface area (Å²) in [7, 11) is 0. The van der Waals surface area contributed by atoms with Gasteiger partial charge < -0.3 is 19.8 Å². The third kappa shape index (κ3) is 6.95. The fourth-order valence-corrected chi connectivity index (χ4v) is 3.17. The summed E-state index contributed by atoms with van der Waals surface area (Å²) in [5, 5.41) is 19.3. The Labute approximate surface area is 202 Å². The van der Waals surface area contributed by atoms with E-state index in [4.69, 9.17) is 9.15 Å². The summed E-state index contributed by atoms with van der Waals surface area (Å²) >= 11 is 0. The Morgan fingerprint density at radius 2 is 1.97 bits per heavy atom. The number of ketones is 1. The van der Waals surface area contributed by atoms with Crippen LogP contribution >= 0.6 is 0 Å². The average Bonchev–Trinajstić information content (AvgIpc) is 3.52. The van der Waals surface area contributed by atoms with E-state index in [-0.39, 0.29) is 24.0 Å². The van der Waals surface area contributed by atoms with Gasteiger partial charge in [0, 0.05) is 23.9 Å². The molecule has 0 aromatic carbocycles. The third-order valence-electron chi connectivity index (χ3n) is 5.01. The number of nitrogens with zero attached hydrogens (tertiary/aromatic N) is 4. The van der Waals surface area contributed by atoms with Crippen LogP contribution in [0.2, 0.25) is 0 Å². The number of hydrogen-bond donors (Lipinski definition) is 3. The van der Waals surface area contributed by atoms with Crippen molar-refractivity contribution >= 4 is 23.6 Å². The topological polar surface area (TPSA) is 165 Å². The number of pyridine rings is 1. The first kappa shape index (κ1) is 25.5. The van der Waals surface area contributed by atoms with Crippen LogP contribution in [0.1, 0.15) is 59.0 Å². The molecule has 2 amide bonds. The zero-order chi connectivity index (χ0) is 25.4. The van der Waals surface area contributed by atoms with Crippen LogP contribution < -0.4 is 10.6 Å². The first-order chi connectivity index (χ1) is 16.7. The molecule has 0 fully saturated rings. The van der Waals surface area contributed by atoms with Crippen molar-refractivity contribution in [1.29, 1.82) is 0 Å². The van der Waals surface area contributed by atoms with Crippen LogP contribution in [0.25, 0.3) is 11.5 Å². The Balaban J connectivity index is 1.72. The van der Waals surface area contributed by atoms with Crippen LogP contribution in [-0.4, -0.2) is 49.2 Å². The Morgan fingerprint density at radius 3 is 2.60 bits per heavy atom. The van der Waals surface area contributed by atoms with Gasteiger partial charge in [-0.25, -0.2) is 4.79 Å². The largest absolute Gasteiger partial charge is 0.436 e. The van der Waals surface area contributed by atoms with E-state index < -0.39 is 35.3 Å². The summed E-state index contributed by atoms with van der Waals surface area (Å²) in [5.41, 5.74) is 0.00801. The van der Waals surface area contributed by atoms with Crippen LogP contribution in [0.5, 0.6) is 0 Å². The lowest BCUT2D eigenvalue weighted by Crippen LogP contribution is -2.46. The van der Waals surface area contributed by atoms with Crippen molar-refractivity contribution in [2.24, 2.45) is 5.41 Å². The quantitative estimate of drug-likeness (QED) is 0.366. The minimum atomic E-state index is -1.07. The van der Waals surface area contributed by atoms with Crippen molar-refractivity contribution in [3.63, 3.8) is 0 Å². The van der Waals surface area contributed by atoms with Crippen LogP contribution in [-0.2, 0) is 14.3 Å². The molecule has 12 heteroatoms. The predicted octanol–water partition coefficient (Wildman–Crippen LogP) is 3.43. The molecule has 3 N–H and O–H groups in total. The van der Waals surface area contributed by atoms with Gasteiger partial charge in [0.1, 0.15) is 11.9 Å². The fraction of sp³-hybridized carbons (Fsp3) is 0.435. The number of rotatable bonds is 10. The smallest absolute Gasteiger partial charge is 0.408 e. The van der Waals surface area contributed by atoms with Gasteiger partial charge in [0.25, 0.3) is 11.8 Å². The highest BCUT2D eigenvalue weighted by atomic mass is 16.6. The van der Waals surface area contributed by atoms with Crippen LogP contribution in [0.4, 0.5) is 10.6 Å². The number of nitrogens with one attached hydrogen (secondary N) is 3. The van der Waals surface area contributed by atoms with E-state index in [1.807, 2.05) is 27.7 Å². The fourth-order valence-electron chi connectivity index (χ4n) is 3.17. The number of Topliss-reactive ketones (excluding diaryl/α,β-unsaturated/α-hetero) is 1. The van der Waals surface area contributed by atoms with Crippen molar-refractivity contribution in [3.05, 3.63) is 42.7 Å². The molecular formula is C23H29N7O5. The minimum absolute atomic E-state index is 0.0972. The first-order valence-corrected chi connectivity index (χ1v) is 11.2. The molecule has 0 unspecified atom stereocenters. The SMILES string of the molecule is CCCC[C@H](NC(=O)O[C@H](c1nnc(-c2cccnc2)o1)C(C)(C)C)C(=O)C(=O)Nc1ccn[nH]1. The molecule has 0 aliphatic carbocycles. The second-order valence-electron chi connectivity index (χ2n) is 8.97. The number of hydrogen-bond acceptors (Lipinski definition) is 9. The standard InChI is InChI=1S/C23H29N7O5/c1-5-6-9-15(17(31)19(32)27-16-10-12-25-28-16)26-22(33)34-18(23(2,3)4)21-30-29-20(35-21)14-8-7-11-24-13-14/h7-8,10-13,15,18H,5-6,9H2,1-4H3,(H,26,33)(H2,25,27,28,32)/t15-,18+/m0/s1. The van der Waals surface area contributed by atoms with Crippen molar-refractivity contribution in [1.82, 2.24) is 30.7 Å². The average molecular weight is 484 g/mol. The van der Waals surface area contributed by atoms with Crippen molar-refractivity contribution < 1.29 is 23.5 Å². The summed E-state index contributed by atoms with van der Waals surface area (Å²) < 4.78 is 11.4. The molecule has 35 heavy (non-hydrogen) atoms. The van der Waals surface area contributed by atoms with E-state index in [1.54, 1.807) is 24.5 Å². The van der Waals surface area contributed by atoms with Crippen LogP contribution in [0.15, 0.2) is 41.2 Å². The molecule has 3 aromatic rings. The normalized spacial score (nSPS) is 13.0. The monoisotopic (exact) mass is 483 g/mol. The number of H-pyrrole nitrogens is 1. The summed E-state index contributed by atoms with van der Waals surface area (Å²) in [6, 6.07) is 3.94. The van der Waals surface area contributed by atoms with Gasteiger partial charge in [0.05, 0.1) is 11.8 Å². The molecule has 3 heterocycles. The number of carbonyl (C=O) groups is 3. The van der Waals surface area contributed by atoms with E-state index in [0.29, 0.717) is 12.0 Å². The maximum atomic E-state index is 12.8. The van der Waals surface area contributed by atoms with E-state index in [0.717, 1.165) is 6.42 Å². The van der Waals surface area contributed by atoms with Crippen LogP contribution in [0.3, 0.4) is 0 Å². The lowest BCUT2D eigenvalue weighted by Gasteiger charge is -2.28. The number of unbranched alkanes of at least 4 members (excludes halogenated alkanes) is 1. The molecule has 0 aliphatic heterocycles. The van der Waals surface area contributed by atoms with E-state index in [2.05, 4.69) is 36.0 Å². The molecule has 186 valence electrons. The molecule has 2 atom stereocenters. The maximum absolute atomic E-state index is 12.8. The lowest BCUT2D eigenvalue weighted by atomic mass is 9.89. The number of aromatic nitrogens is 5. The Kier molecular flexibility index (Phi) is 8.29. The second kappa shape index (κ2) is 11.4. The highest BCUT2D eigenvalue weighted by Crippen LogP contribution is 2.36. The predicted molar refractivity (Wildman–Crippen MR) is 125 cm³/mol. The lowest BCUT2D eigenvalue weighted by molar-refractivity contribution is -0.136. The number of anilines is 1. The van der Waals surface area contributed by atoms with Gasteiger partial charge in [0.2, 0.25) is 11.7 Å². The number of amides is 2. The zero-order valence-electron chi connectivity index (χ0n) is 20.1. The van der Waals surface area contributed by atoms with Gasteiger partial charge in [0.15, 0.2) is 6.10 Å². The van der Waals surface area contributed by atoms with E-state index in [1.165, 1.54) is 12.3 Å². The molecule has 0 saturated heterocycles. The Morgan fingerprint density at radius 1 is 1.17 bits per heavy atom. The second-order valence-corrected chi connectivity index (χ2v) is 8.97. The molecule has 0 aliphatic rings. The molecule has 0 radical (unpaired) electrons. The van der Waals surface area contributed by atoms with Gasteiger partial charge in [-0.2, -0.15) is 5.10 Å². The number of carbonyl (C=O) groups excluding carboxylic acids is 3. The van der Waals surface area contributed by atoms with Crippen molar-refractivity contribution in [3.8, 4) is 11.5 Å². The Bertz CT molecular complexity index is 1120. The van der Waals surface area contributed by atoms with Gasteiger partial charge in [-0.3, -0.25) is 19.7 Å². The molecular weight excluding hydrogens is 454 g/mol. The van der Waals surface area contributed by atoms with E-state index in [9.17, 15) is 14.4 Å². The summed E-state index contributed by atoms with van der Waals surface area (Å²) in [4.78, 5) is 42.0. The number of alkyl carbamates (subject to hydrolysis) is 1. The van der Waals surface area contributed by atoms with Crippen molar-refractivity contribution in [2.45, 2.75) is 59.1 Å². The summed E-state index contributed by atoms with van der Waals surface area (Å²) in [5.74, 6) is -1.07. The van der Waals surface area contributed by atoms with Gasteiger partial charge in [-0.05, 0) is 18.6 Å². The first-order valence-electron chi connectivity index (χ1n) is 11.2. The number of ether oxygens (including phenoxy) is 1. The maximum Gasteiger partial charge on any atom is 0.408 e. The highest BCUT2D eigenvalue weighted by molar-refractivity contribution is 6.42. The van der Waals surface area contributed by atoms with Gasteiger partial charge in [-0.1, -0.05) is 40.5 Å². The zero-order valence-corrected chi connectivity index (χ0v) is 20.1. The highest BCUT2D eigenvalue weighted by Gasteiger charge is 2.36. The summed E-state index contributed by atoms with van der Waals surface area (Å²) in [6.07, 6.45) is 4.51. The molecule has 0 spiro atoms. The minimum Gasteiger partial charge on any atom is -0.436 e. The van der Waals surface area contributed by atoms with Crippen molar-refractivity contribution in [2.75, 3.05) is 5.32 Å². The third-order valence-corrected chi connectivity index (χ3v) is 5.01. The molecule has 3 rings (SSSR count). The molecule has 12 nitrogen and oxygen atoms in total. The molecule has 0 saturated carbocycles. The van der Waals surface area contributed by atoms with Gasteiger partial charge >= 0.3 is 6.09 Å². The Hall–Kier alpha value is -4.09. The molecule has 0 bridgehead atoms. The molecule has 3 aromatic heterocycles. The van der Waals surface area contributed by atoms with Gasteiger partial charge in [-0.15, -0.1) is 10.2 Å². The number of aromatic amines is 1.